The zero-order valence-electron chi connectivity index (χ0n) is 13.4. The number of halogens is 2. The van der Waals surface area contributed by atoms with E-state index in [1.165, 1.54) is 0 Å². The molecule has 0 radical (unpaired) electrons. The average molecular weight is 357 g/mol. The third kappa shape index (κ3) is 4.27. The predicted octanol–water partition coefficient (Wildman–Crippen LogP) is 4.19. The summed E-state index contributed by atoms with van der Waals surface area (Å²) in [6.07, 6.45) is 1.14. The zero-order chi connectivity index (χ0) is 15.6. The van der Waals surface area contributed by atoms with E-state index in [1.807, 2.05) is 12.1 Å². The molecule has 2 rings (SSSR count). The van der Waals surface area contributed by atoms with Crippen molar-refractivity contribution >= 4 is 15.9 Å². The first-order valence-corrected chi connectivity index (χ1v) is 8.52. The molecule has 0 aromatic heterocycles. The molecule has 2 unspecified atom stereocenters. The van der Waals surface area contributed by atoms with Crippen LogP contribution in [0, 0.1) is 11.2 Å². The van der Waals surface area contributed by atoms with Crippen molar-refractivity contribution in [3.63, 3.8) is 0 Å². The minimum atomic E-state index is -0.196. The molecule has 2 nitrogen and oxygen atoms in total. The average Bonchev–Trinajstić information content (AvgIpc) is 2.41. The third-order valence-electron chi connectivity index (χ3n) is 4.36. The molecule has 1 aromatic carbocycles. The third-order valence-corrected chi connectivity index (χ3v) is 4.97. The van der Waals surface area contributed by atoms with Crippen LogP contribution in [0.4, 0.5) is 4.39 Å². The SMILES string of the molecule is CCC1CN(Cc2ccc(F)c(Br)c2)C(C(C)(C)C)CN1. The highest BCUT2D eigenvalue weighted by molar-refractivity contribution is 9.10. The molecule has 1 aromatic rings. The van der Waals surface area contributed by atoms with Crippen LogP contribution >= 0.6 is 15.9 Å². The standard InChI is InChI=1S/C17H26BrFN2/c1-5-13-11-21(16(9-20-13)17(2,3)4)10-12-6-7-15(19)14(18)8-12/h6-8,13,16,20H,5,9-11H2,1-4H3. The van der Waals surface area contributed by atoms with Gasteiger partial charge in [0.15, 0.2) is 0 Å². The van der Waals surface area contributed by atoms with Gasteiger partial charge in [-0.25, -0.2) is 4.39 Å². The number of rotatable bonds is 3. The Morgan fingerprint density at radius 1 is 1.38 bits per heavy atom. The molecule has 118 valence electrons. The van der Waals surface area contributed by atoms with Gasteiger partial charge in [-0.1, -0.05) is 33.8 Å². The van der Waals surface area contributed by atoms with Gasteiger partial charge in [0.25, 0.3) is 0 Å². The topological polar surface area (TPSA) is 15.3 Å². The molecule has 0 bridgehead atoms. The molecule has 0 spiro atoms. The minimum absolute atomic E-state index is 0.196. The highest BCUT2D eigenvalue weighted by atomic mass is 79.9. The van der Waals surface area contributed by atoms with Gasteiger partial charge >= 0.3 is 0 Å². The first kappa shape index (κ1) is 16.9. The maximum Gasteiger partial charge on any atom is 0.137 e. The van der Waals surface area contributed by atoms with Gasteiger partial charge in [-0.15, -0.1) is 0 Å². The summed E-state index contributed by atoms with van der Waals surface area (Å²) < 4.78 is 13.9. The molecule has 4 heteroatoms. The van der Waals surface area contributed by atoms with Crippen LogP contribution in [0.2, 0.25) is 0 Å². The van der Waals surface area contributed by atoms with Crippen LogP contribution in [0.25, 0.3) is 0 Å². The Morgan fingerprint density at radius 2 is 2.10 bits per heavy atom. The predicted molar refractivity (Wildman–Crippen MR) is 89.8 cm³/mol. The summed E-state index contributed by atoms with van der Waals surface area (Å²) in [5.74, 6) is -0.196. The van der Waals surface area contributed by atoms with E-state index < -0.39 is 0 Å². The molecule has 1 aliphatic heterocycles. The number of hydrogen-bond acceptors (Lipinski definition) is 2. The summed E-state index contributed by atoms with van der Waals surface area (Å²) in [7, 11) is 0. The highest BCUT2D eigenvalue weighted by Gasteiger charge is 2.34. The monoisotopic (exact) mass is 356 g/mol. The van der Waals surface area contributed by atoms with Crippen molar-refractivity contribution in [1.82, 2.24) is 10.2 Å². The summed E-state index contributed by atoms with van der Waals surface area (Å²) in [5.41, 5.74) is 1.39. The van der Waals surface area contributed by atoms with Gasteiger partial charge in [-0.3, -0.25) is 4.90 Å². The lowest BCUT2D eigenvalue weighted by atomic mass is 9.83. The first-order chi connectivity index (χ1) is 9.81. The summed E-state index contributed by atoms with van der Waals surface area (Å²) >= 11 is 3.29. The lowest BCUT2D eigenvalue weighted by Crippen LogP contribution is -2.59. The van der Waals surface area contributed by atoms with E-state index in [0.29, 0.717) is 16.6 Å². The van der Waals surface area contributed by atoms with Gasteiger partial charge in [-0.05, 0) is 45.5 Å². The number of piperazine rings is 1. The molecule has 0 saturated carbocycles. The van der Waals surface area contributed by atoms with Crippen LogP contribution in [0.1, 0.15) is 39.7 Å². The van der Waals surface area contributed by atoms with Gasteiger partial charge < -0.3 is 5.32 Å². The zero-order valence-corrected chi connectivity index (χ0v) is 15.0. The van der Waals surface area contributed by atoms with E-state index in [4.69, 9.17) is 0 Å². The van der Waals surface area contributed by atoms with Crippen molar-refractivity contribution in [2.24, 2.45) is 5.41 Å². The fourth-order valence-electron chi connectivity index (χ4n) is 3.06. The highest BCUT2D eigenvalue weighted by Crippen LogP contribution is 2.29. The summed E-state index contributed by atoms with van der Waals surface area (Å²) in [4.78, 5) is 2.55. The summed E-state index contributed by atoms with van der Waals surface area (Å²) in [5, 5.41) is 3.65. The number of hydrogen-bond donors (Lipinski definition) is 1. The van der Waals surface area contributed by atoms with Gasteiger partial charge in [0, 0.05) is 31.7 Å². The van der Waals surface area contributed by atoms with Crippen LogP contribution in [0.3, 0.4) is 0 Å². The van der Waals surface area contributed by atoms with E-state index >= 15 is 0 Å². The van der Waals surface area contributed by atoms with Crippen molar-refractivity contribution in [3.8, 4) is 0 Å². The van der Waals surface area contributed by atoms with E-state index in [0.717, 1.165) is 31.6 Å². The Balaban J connectivity index is 2.17. The molecule has 1 fully saturated rings. The van der Waals surface area contributed by atoms with Crippen LogP contribution in [-0.2, 0) is 6.54 Å². The largest absolute Gasteiger partial charge is 0.311 e. The Labute approximate surface area is 136 Å². The molecule has 1 heterocycles. The van der Waals surface area contributed by atoms with Crippen LogP contribution in [0.15, 0.2) is 22.7 Å². The number of nitrogens with one attached hydrogen (secondary N) is 1. The van der Waals surface area contributed by atoms with Crippen molar-refractivity contribution in [2.45, 2.75) is 52.7 Å². The van der Waals surface area contributed by atoms with Crippen LogP contribution < -0.4 is 5.32 Å². The van der Waals surface area contributed by atoms with Crippen molar-refractivity contribution in [2.75, 3.05) is 13.1 Å². The lowest BCUT2D eigenvalue weighted by molar-refractivity contribution is 0.0485. The molecular formula is C17H26BrFN2. The van der Waals surface area contributed by atoms with E-state index in [2.05, 4.69) is 53.8 Å². The van der Waals surface area contributed by atoms with Crippen molar-refractivity contribution in [3.05, 3.63) is 34.1 Å². The molecule has 1 aliphatic rings. The van der Waals surface area contributed by atoms with Gasteiger partial charge in [0.2, 0.25) is 0 Å². The van der Waals surface area contributed by atoms with Gasteiger partial charge in [0.05, 0.1) is 4.47 Å². The molecule has 21 heavy (non-hydrogen) atoms. The second kappa shape index (κ2) is 6.76. The first-order valence-electron chi connectivity index (χ1n) is 7.72. The van der Waals surface area contributed by atoms with E-state index in [-0.39, 0.29) is 11.2 Å². The Hall–Kier alpha value is -0.450. The number of nitrogens with zero attached hydrogens (tertiary/aromatic N) is 1. The lowest BCUT2D eigenvalue weighted by Gasteiger charge is -2.46. The Kier molecular flexibility index (Phi) is 5.44. The second-order valence-electron chi connectivity index (χ2n) is 7.07. The molecule has 1 saturated heterocycles. The molecular weight excluding hydrogens is 331 g/mol. The minimum Gasteiger partial charge on any atom is -0.311 e. The summed E-state index contributed by atoms with van der Waals surface area (Å²) in [6.45, 7) is 12.0. The molecule has 1 N–H and O–H groups in total. The van der Waals surface area contributed by atoms with Crippen molar-refractivity contribution in [1.29, 1.82) is 0 Å². The van der Waals surface area contributed by atoms with Crippen molar-refractivity contribution < 1.29 is 4.39 Å². The Bertz CT molecular complexity index is 484. The smallest absolute Gasteiger partial charge is 0.137 e. The van der Waals surface area contributed by atoms with Gasteiger partial charge in [0.1, 0.15) is 5.82 Å². The van der Waals surface area contributed by atoms with Crippen LogP contribution in [-0.4, -0.2) is 30.1 Å². The summed E-state index contributed by atoms with van der Waals surface area (Å²) in [6, 6.07) is 6.38. The molecule has 0 amide bonds. The normalized spacial score (nSPS) is 24.3. The van der Waals surface area contributed by atoms with E-state index in [1.54, 1.807) is 6.07 Å². The fourth-order valence-corrected chi connectivity index (χ4v) is 3.48. The second-order valence-corrected chi connectivity index (χ2v) is 7.93. The maximum atomic E-state index is 13.4. The van der Waals surface area contributed by atoms with Gasteiger partial charge in [-0.2, -0.15) is 0 Å². The maximum absolute atomic E-state index is 13.4. The quantitative estimate of drug-likeness (QED) is 0.873. The fraction of sp³-hybridized carbons (Fsp3) is 0.647. The molecule has 2 atom stereocenters. The Morgan fingerprint density at radius 3 is 2.67 bits per heavy atom. The van der Waals surface area contributed by atoms with Crippen LogP contribution in [0.5, 0.6) is 0 Å². The molecule has 0 aliphatic carbocycles. The number of benzene rings is 1. The van der Waals surface area contributed by atoms with E-state index in [9.17, 15) is 4.39 Å².